The van der Waals surface area contributed by atoms with Gasteiger partial charge in [0.2, 0.25) is 0 Å². The summed E-state index contributed by atoms with van der Waals surface area (Å²) in [6.45, 7) is -0.279. The number of aliphatic hydroxyl groups is 1. The third kappa shape index (κ3) is 3.04. The molecule has 0 amide bonds. The lowest BCUT2D eigenvalue weighted by Crippen LogP contribution is -2.36. The van der Waals surface area contributed by atoms with Gasteiger partial charge in [0.15, 0.2) is 35.2 Å². The van der Waals surface area contributed by atoms with Crippen LogP contribution in [0.25, 0.3) is 6.08 Å². The van der Waals surface area contributed by atoms with Gasteiger partial charge < -0.3 is 24.8 Å². The number of fused-ring (bicyclic) bond motifs is 1. The van der Waals surface area contributed by atoms with Gasteiger partial charge in [0.25, 0.3) is 0 Å². The molecule has 1 heterocycles. The van der Waals surface area contributed by atoms with Gasteiger partial charge in [-0.1, -0.05) is 18.2 Å². The summed E-state index contributed by atoms with van der Waals surface area (Å²) in [7, 11) is 0. The number of hydrogen-bond donors (Lipinski definition) is 3. The zero-order valence-corrected chi connectivity index (χ0v) is 12.6. The molecule has 2 aromatic carbocycles. The minimum atomic E-state index is -0.655. The van der Waals surface area contributed by atoms with E-state index in [0.717, 1.165) is 5.56 Å². The van der Waals surface area contributed by atoms with Crippen LogP contribution in [-0.2, 0) is 4.79 Å². The fourth-order valence-electron chi connectivity index (χ4n) is 2.54. The Morgan fingerprint density at radius 1 is 1.00 bits per heavy atom. The Morgan fingerprint density at radius 3 is 2.54 bits per heavy atom. The highest BCUT2D eigenvalue weighted by Gasteiger charge is 2.33. The van der Waals surface area contributed by atoms with Crippen LogP contribution in [0.2, 0.25) is 0 Å². The summed E-state index contributed by atoms with van der Waals surface area (Å²) in [5.74, 6) is 0.431. The summed E-state index contributed by atoms with van der Waals surface area (Å²) in [6, 6.07) is 9.49. The lowest BCUT2D eigenvalue weighted by atomic mass is 10.0. The number of ether oxygens (including phenoxy) is 2. The molecule has 24 heavy (non-hydrogen) atoms. The molecule has 124 valence electrons. The Bertz CT molecular complexity index is 783. The zero-order valence-electron chi connectivity index (χ0n) is 12.6. The molecule has 0 saturated carbocycles. The van der Waals surface area contributed by atoms with E-state index in [-0.39, 0.29) is 18.1 Å². The van der Waals surface area contributed by atoms with Crippen molar-refractivity contribution in [3.63, 3.8) is 0 Å². The number of phenolic OH excluding ortho intramolecular Hbond substituents is 2. The summed E-state index contributed by atoms with van der Waals surface area (Å²) >= 11 is 0. The maximum absolute atomic E-state index is 10.4. The van der Waals surface area contributed by atoms with Gasteiger partial charge in [0.05, 0.1) is 6.61 Å². The Balaban J connectivity index is 1.95. The van der Waals surface area contributed by atoms with Crippen LogP contribution in [0.5, 0.6) is 23.0 Å². The maximum atomic E-state index is 10.4. The topological polar surface area (TPSA) is 96.2 Å². The third-order valence-corrected chi connectivity index (χ3v) is 3.71. The highest BCUT2D eigenvalue weighted by atomic mass is 16.6. The molecule has 2 atom stereocenters. The predicted octanol–water partition coefficient (Wildman–Crippen LogP) is 2.18. The van der Waals surface area contributed by atoms with Crippen molar-refractivity contribution in [1.82, 2.24) is 0 Å². The first-order valence-electron chi connectivity index (χ1n) is 7.34. The summed E-state index contributed by atoms with van der Waals surface area (Å²) in [5.41, 5.74) is 1.32. The first-order chi connectivity index (χ1) is 11.6. The van der Waals surface area contributed by atoms with E-state index in [4.69, 9.17) is 9.47 Å². The molecule has 6 heteroatoms. The fourth-order valence-corrected chi connectivity index (χ4v) is 2.54. The Labute approximate surface area is 138 Å². The van der Waals surface area contributed by atoms with Crippen molar-refractivity contribution in [3.8, 4) is 23.0 Å². The molecule has 0 radical (unpaired) electrons. The average molecular weight is 328 g/mol. The minimum Gasteiger partial charge on any atom is -0.504 e. The molecular formula is C18H16O6. The van der Waals surface area contributed by atoms with E-state index in [1.807, 2.05) is 0 Å². The largest absolute Gasteiger partial charge is 0.504 e. The molecule has 0 saturated heterocycles. The Kier molecular flexibility index (Phi) is 4.39. The molecule has 3 rings (SSSR count). The van der Waals surface area contributed by atoms with Gasteiger partial charge in [-0.05, 0) is 35.9 Å². The van der Waals surface area contributed by atoms with Gasteiger partial charge in [-0.2, -0.15) is 0 Å². The van der Waals surface area contributed by atoms with Crippen LogP contribution in [0.4, 0.5) is 0 Å². The molecule has 0 fully saturated rings. The number of phenols is 2. The summed E-state index contributed by atoms with van der Waals surface area (Å²) < 4.78 is 11.7. The molecule has 0 bridgehead atoms. The number of hydrogen-bond acceptors (Lipinski definition) is 6. The minimum absolute atomic E-state index is 0.238. The smallest absolute Gasteiger partial charge is 0.163 e. The second-order valence-corrected chi connectivity index (χ2v) is 5.33. The van der Waals surface area contributed by atoms with Gasteiger partial charge in [0, 0.05) is 5.56 Å². The van der Waals surface area contributed by atoms with E-state index in [0.29, 0.717) is 23.3 Å². The summed E-state index contributed by atoms with van der Waals surface area (Å²) in [6.07, 6.45) is 2.38. The molecule has 1 aliphatic heterocycles. The molecular weight excluding hydrogens is 312 g/mol. The SMILES string of the molecule is O=C/C=C/c1ccc2c(c1)O[C@@H](c1ccc(O)c(O)c1)[C@H](CO)O2. The van der Waals surface area contributed by atoms with Crippen LogP contribution >= 0.6 is 0 Å². The van der Waals surface area contributed by atoms with Crippen molar-refractivity contribution in [1.29, 1.82) is 0 Å². The van der Waals surface area contributed by atoms with Crippen LogP contribution in [0.15, 0.2) is 42.5 Å². The zero-order chi connectivity index (χ0) is 17.1. The third-order valence-electron chi connectivity index (χ3n) is 3.71. The van der Waals surface area contributed by atoms with Crippen molar-refractivity contribution in [2.24, 2.45) is 0 Å². The quantitative estimate of drug-likeness (QED) is 0.452. The molecule has 0 unspecified atom stereocenters. The molecule has 0 aliphatic carbocycles. The van der Waals surface area contributed by atoms with Crippen molar-refractivity contribution in [3.05, 3.63) is 53.6 Å². The number of allylic oxidation sites excluding steroid dienone is 1. The van der Waals surface area contributed by atoms with Gasteiger partial charge >= 0.3 is 0 Å². The second kappa shape index (κ2) is 6.64. The monoisotopic (exact) mass is 328 g/mol. The Morgan fingerprint density at radius 2 is 1.83 bits per heavy atom. The van der Waals surface area contributed by atoms with E-state index in [1.165, 1.54) is 18.2 Å². The molecule has 1 aliphatic rings. The van der Waals surface area contributed by atoms with Crippen LogP contribution < -0.4 is 9.47 Å². The first kappa shape index (κ1) is 15.9. The fraction of sp³-hybridized carbons (Fsp3) is 0.167. The van der Waals surface area contributed by atoms with E-state index in [1.54, 1.807) is 30.3 Å². The number of aliphatic hydroxyl groups excluding tert-OH is 1. The number of carbonyl (C=O) groups is 1. The summed E-state index contributed by atoms with van der Waals surface area (Å²) in [4.78, 5) is 10.4. The lowest BCUT2D eigenvalue weighted by Gasteiger charge is -2.33. The molecule has 3 N–H and O–H groups in total. The van der Waals surface area contributed by atoms with Crippen molar-refractivity contribution < 1.29 is 29.6 Å². The van der Waals surface area contributed by atoms with E-state index < -0.39 is 12.2 Å². The first-order valence-corrected chi connectivity index (χ1v) is 7.34. The van der Waals surface area contributed by atoms with Crippen LogP contribution in [0, 0.1) is 0 Å². The van der Waals surface area contributed by atoms with Gasteiger partial charge in [-0.3, -0.25) is 4.79 Å². The van der Waals surface area contributed by atoms with E-state index in [9.17, 15) is 20.1 Å². The molecule has 6 nitrogen and oxygen atoms in total. The average Bonchev–Trinajstić information content (AvgIpc) is 2.61. The van der Waals surface area contributed by atoms with Gasteiger partial charge in [-0.25, -0.2) is 0 Å². The van der Waals surface area contributed by atoms with Gasteiger partial charge in [-0.15, -0.1) is 0 Å². The predicted molar refractivity (Wildman–Crippen MR) is 86.2 cm³/mol. The van der Waals surface area contributed by atoms with Crippen LogP contribution in [0.3, 0.4) is 0 Å². The number of carbonyl (C=O) groups excluding carboxylic acids is 1. The van der Waals surface area contributed by atoms with Crippen LogP contribution in [-0.4, -0.2) is 34.3 Å². The molecule has 0 spiro atoms. The van der Waals surface area contributed by atoms with Crippen molar-refractivity contribution in [2.45, 2.75) is 12.2 Å². The standard InChI is InChI=1S/C18H16O6/c19-7-1-2-11-3-6-15-16(8-11)24-18(17(10-20)23-15)12-4-5-13(21)14(22)9-12/h1-9,17-18,20-22H,10H2/b2-1+/t17-,18-/m0/s1. The Hall–Kier alpha value is -2.99. The number of benzene rings is 2. The number of aldehydes is 1. The highest BCUT2D eigenvalue weighted by Crippen LogP contribution is 2.41. The second-order valence-electron chi connectivity index (χ2n) is 5.33. The van der Waals surface area contributed by atoms with Crippen molar-refractivity contribution in [2.75, 3.05) is 6.61 Å². The van der Waals surface area contributed by atoms with E-state index in [2.05, 4.69) is 0 Å². The molecule has 2 aromatic rings. The summed E-state index contributed by atoms with van der Waals surface area (Å²) in [5, 5.41) is 28.7. The van der Waals surface area contributed by atoms with E-state index >= 15 is 0 Å². The van der Waals surface area contributed by atoms with Crippen LogP contribution in [0.1, 0.15) is 17.2 Å². The van der Waals surface area contributed by atoms with Gasteiger partial charge in [0.1, 0.15) is 6.29 Å². The number of rotatable bonds is 4. The van der Waals surface area contributed by atoms with Crippen molar-refractivity contribution >= 4 is 12.4 Å². The maximum Gasteiger partial charge on any atom is 0.163 e. The lowest BCUT2D eigenvalue weighted by molar-refractivity contribution is -0.104. The molecule has 0 aromatic heterocycles. The highest BCUT2D eigenvalue weighted by molar-refractivity contribution is 5.74. The normalized spacial score (nSPS) is 19.4. The number of aromatic hydroxyl groups is 2.